The van der Waals surface area contributed by atoms with Gasteiger partial charge in [0.2, 0.25) is 11.9 Å². The molecular weight excluding hydrogens is 728 g/mol. The molecule has 17 heteroatoms. The summed E-state index contributed by atoms with van der Waals surface area (Å²) in [5.41, 5.74) is 3.50. The number of aromatic nitrogens is 5. The van der Waals surface area contributed by atoms with Crippen molar-refractivity contribution in [1.29, 1.82) is 0 Å². The summed E-state index contributed by atoms with van der Waals surface area (Å²) < 4.78 is 2.66. The summed E-state index contributed by atoms with van der Waals surface area (Å²) in [6.45, 7) is 3.31. The number of urea groups is 1. The minimum absolute atomic E-state index is 0.135. The molecule has 7 N–H and O–H groups in total. The topological polar surface area (TPSA) is 214 Å². The third kappa shape index (κ3) is 8.21. The quantitative estimate of drug-likeness (QED) is 0.0910. The average molecular weight is 771 g/mol. The number of benzene rings is 2. The lowest BCUT2D eigenvalue weighted by Crippen LogP contribution is -2.43. The third-order valence-corrected chi connectivity index (χ3v) is 10.7. The van der Waals surface area contributed by atoms with E-state index in [2.05, 4.69) is 25.9 Å². The Labute approximate surface area is 321 Å². The number of carbonyl (C=O) groups is 2. The largest absolute Gasteiger partial charge is 0.508 e. The molecule has 2 aromatic carbocycles. The fraction of sp³-hybridized carbons (Fsp3) is 0.368. The number of aromatic hydroxyl groups is 2. The van der Waals surface area contributed by atoms with Crippen LogP contribution in [0.5, 0.6) is 11.5 Å². The van der Waals surface area contributed by atoms with Gasteiger partial charge in [-0.05, 0) is 59.9 Å². The molecule has 1 saturated carbocycles. The molecule has 0 unspecified atom stereocenters. The molecule has 1 saturated heterocycles. The van der Waals surface area contributed by atoms with E-state index in [0.29, 0.717) is 55.5 Å². The van der Waals surface area contributed by atoms with E-state index >= 15 is 0 Å². The van der Waals surface area contributed by atoms with Crippen molar-refractivity contribution in [2.24, 2.45) is 0 Å². The molecule has 5 atom stereocenters. The van der Waals surface area contributed by atoms with Crippen molar-refractivity contribution in [3.63, 3.8) is 0 Å². The van der Waals surface area contributed by atoms with Crippen LogP contribution in [0.2, 0.25) is 0 Å². The number of amides is 3. The summed E-state index contributed by atoms with van der Waals surface area (Å²) in [6.07, 6.45) is 3.25. The van der Waals surface area contributed by atoms with E-state index < -0.39 is 24.3 Å². The highest BCUT2D eigenvalue weighted by Gasteiger charge is 2.47. The van der Waals surface area contributed by atoms with Crippen LogP contribution in [0.25, 0.3) is 11.2 Å². The summed E-state index contributed by atoms with van der Waals surface area (Å²) in [5.74, 6) is 0.446. The molecule has 3 amide bonds. The van der Waals surface area contributed by atoms with Crippen LogP contribution in [-0.4, -0.2) is 105 Å². The smallest absolute Gasteiger partial charge is 0.315 e. The summed E-state index contributed by atoms with van der Waals surface area (Å²) in [4.78, 5) is 45.8. The van der Waals surface area contributed by atoms with Crippen molar-refractivity contribution in [1.82, 2.24) is 39.6 Å². The van der Waals surface area contributed by atoms with Crippen LogP contribution in [0.15, 0.2) is 79.4 Å². The van der Waals surface area contributed by atoms with Crippen LogP contribution in [0, 0.1) is 0 Å². The number of hydrogen-bond donors (Lipinski definition) is 7. The van der Waals surface area contributed by atoms with Crippen molar-refractivity contribution in [3.05, 3.63) is 96.1 Å². The number of aliphatic hydroxyl groups is 2. The Bertz CT molecular complexity index is 2060. The number of aliphatic hydroxyl groups excluding tert-OH is 2. The predicted molar refractivity (Wildman–Crippen MR) is 205 cm³/mol. The number of hydrogen-bond acceptors (Lipinski definition) is 12. The minimum Gasteiger partial charge on any atom is -0.508 e. The fourth-order valence-corrected chi connectivity index (χ4v) is 7.57. The van der Waals surface area contributed by atoms with Crippen LogP contribution in [0.1, 0.15) is 54.8 Å². The maximum absolute atomic E-state index is 12.8. The van der Waals surface area contributed by atoms with E-state index in [4.69, 9.17) is 21.7 Å². The van der Waals surface area contributed by atoms with Gasteiger partial charge in [0.25, 0.3) is 0 Å². The predicted octanol–water partition coefficient (Wildman–Crippen LogP) is 3.38. The monoisotopic (exact) mass is 770 g/mol. The molecule has 1 aliphatic heterocycles. The zero-order valence-electron chi connectivity index (χ0n) is 30.0. The normalized spacial score (nSPS) is 20.9. The zero-order valence-corrected chi connectivity index (χ0v) is 30.8. The molecule has 2 aliphatic rings. The molecule has 55 heavy (non-hydrogen) atoms. The van der Waals surface area contributed by atoms with Crippen molar-refractivity contribution in [2.75, 3.05) is 29.9 Å². The molecular formula is C38H43ClN10O6. The van der Waals surface area contributed by atoms with Gasteiger partial charge in [-0.3, -0.25) is 9.78 Å². The SMILES string of the molecule is CCC(=O)N(Cl)[C@H]1C[C@@H](n2cnc3c(NCC(c4ccc(O)cc4)c4ccc(O)cc4)nc(N4CC[C@@H](NC(=O)NCc5cccnc5)C4)nc32)[C@H](O)[C@@H]1O. The summed E-state index contributed by atoms with van der Waals surface area (Å²) in [7, 11) is 0. The van der Waals surface area contributed by atoms with Crippen molar-refractivity contribution in [3.8, 4) is 11.5 Å². The number of pyridine rings is 1. The summed E-state index contributed by atoms with van der Waals surface area (Å²) in [6, 6.07) is 15.5. The van der Waals surface area contributed by atoms with Gasteiger partial charge in [-0.25, -0.2) is 14.2 Å². The molecule has 4 heterocycles. The lowest BCUT2D eigenvalue weighted by Gasteiger charge is -2.23. The highest BCUT2D eigenvalue weighted by molar-refractivity contribution is 6.21. The number of anilines is 2. The van der Waals surface area contributed by atoms with Gasteiger partial charge in [0, 0.05) is 68.7 Å². The molecule has 1 aliphatic carbocycles. The molecule has 16 nitrogen and oxygen atoms in total. The third-order valence-electron chi connectivity index (χ3n) is 10.3. The molecule has 0 bridgehead atoms. The Morgan fingerprint density at radius 1 is 1.00 bits per heavy atom. The van der Waals surface area contributed by atoms with E-state index in [-0.39, 0.29) is 48.2 Å². The minimum atomic E-state index is -1.31. The number of phenols is 2. The van der Waals surface area contributed by atoms with E-state index in [1.165, 1.54) is 6.33 Å². The molecule has 0 radical (unpaired) electrons. The van der Waals surface area contributed by atoms with Gasteiger partial charge in [0.05, 0.1) is 18.4 Å². The molecule has 3 aromatic heterocycles. The first kappa shape index (κ1) is 37.6. The Morgan fingerprint density at radius 2 is 1.71 bits per heavy atom. The Kier molecular flexibility index (Phi) is 11.2. The average Bonchev–Trinajstić information content (AvgIpc) is 3.92. The Hall–Kier alpha value is -5.71. The molecule has 0 spiro atoms. The number of imidazole rings is 1. The van der Waals surface area contributed by atoms with Crippen molar-refractivity contribution >= 4 is 46.6 Å². The lowest BCUT2D eigenvalue weighted by atomic mass is 9.91. The fourth-order valence-electron chi connectivity index (χ4n) is 7.26. The van der Waals surface area contributed by atoms with Gasteiger partial charge >= 0.3 is 6.03 Å². The van der Waals surface area contributed by atoms with E-state index in [9.17, 15) is 30.0 Å². The molecule has 2 fully saturated rings. The van der Waals surface area contributed by atoms with Crippen LogP contribution in [-0.2, 0) is 11.3 Å². The second-order valence-electron chi connectivity index (χ2n) is 13.8. The first-order valence-electron chi connectivity index (χ1n) is 18.2. The Morgan fingerprint density at radius 3 is 2.36 bits per heavy atom. The number of carbonyl (C=O) groups excluding carboxylic acids is 2. The van der Waals surface area contributed by atoms with Gasteiger partial charge in [-0.15, -0.1) is 0 Å². The Balaban J connectivity index is 1.18. The van der Waals surface area contributed by atoms with Gasteiger partial charge in [-0.2, -0.15) is 9.97 Å². The highest BCUT2D eigenvalue weighted by Crippen LogP contribution is 2.38. The van der Waals surface area contributed by atoms with Crippen LogP contribution >= 0.6 is 11.8 Å². The standard InChI is InChI=1S/C38H43ClN10O6/c1-2-31(52)49(39)30-16-29(33(53)34(30)54)48-21-43-32-35(41-19-28(23-5-9-26(50)10-6-23)24-7-11-27(51)12-8-24)45-37(46-36(32)48)47-15-13-25(20-47)44-38(55)42-18-22-4-3-14-40-17-22/h3-12,14,17,21,25,28-30,33-34,50-51,53-54H,2,13,15-16,18-20H2,1H3,(H,41,45,46)(H2,42,44,55)/t25-,29-,30+,33+,34-/m1/s1. The number of fused-ring (bicyclic) bond motifs is 1. The molecule has 288 valence electrons. The highest BCUT2D eigenvalue weighted by atomic mass is 35.5. The zero-order chi connectivity index (χ0) is 38.6. The number of rotatable bonds is 12. The van der Waals surface area contributed by atoms with Crippen molar-refractivity contribution < 1.29 is 30.0 Å². The van der Waals surface area contributed by atoms with Gasteiger partial charge < -0.3 is 45.8 Å². The second kappa shape index (κ2) is 16.3. The summed E-state index contributed by atoms with van der Waals surface area (Å²) >= 11 is 6.35. The number of nitrogens with zero attached hydrogens (tertiary/aromatic N) is 7. The number of phenolic OH excluding ortho intramolecular Hbond substituents is 2. The first-order chi connectivity index (χ1) is 26.6. The van der Waals surface area contributed by atoms with Gasteiger partial charge in [0.1, 0.15) is 23.7 Å². The van der Waals surface area contributed by atoms with Crippen LogP contribution in [0.3, 0.4) is 0 Å². The van der Waals surface area contributed by atoms with Gasteiger partial charge in [0.15, 0.2) is 17.0 Å². The van der Waals surface area contributed by atoms with E-state index in [1.54, 1.807) is 48.1 Å². The first-order valence-corrected chi connectivity index (χ1v) is 18.5. The maximum atomic E-state index is 12.8. The van der Waals surface area contributed by atoms with Gasteiger partial charge in [-0.1, -0.05) is 37.3 Å². The van der Waals surface area contributed by atoms with Crippen molar-refractivity contribution in [2.45, 2.75) is 69.0 Å². The summed E-state index contributed by atoms with van der Waals surface area (Å²) in [5, 5.41) is 51.6. The number of nitrogens with one attached hydrogen (secondary N) is 3. The lowest BCUT2D eigenvalue weighted by molar-refractivity contribution is -0.129. The van der Waals surface area contributed by atoms with Crippen LogP contribution < -0.4 is 20.9 Å². The maximum Gasteiger partial charge on any atom is 0.315 e. The molecule has 7 rings (SSSR count). The molecule has 5 aromatic rings. The van der Waals surface area contributed by atoms with Crippen LogP contribution in [0.4, 0.5) is 16.6 Å². The number of halogens is 1. The second-order valence-corrected chi connectivity index (χ2v) is 14.2. The van der Waals surface area contributed by atoms with E-state index in [0.717, 1.165) is 21.1 Å². The van der Waals surface area contributed by atoms with E-state index in [1.807, 2.05) is 41.3 Å².